The second kappa shape index (κ2) is 7.13. The zero-order chi connectivity index (χ0) is 17.9. The molecule has 0 bridgehead atoms. The molecule has 130 valence electrons. The molecule has 0 aliphatic carbocycles. The lowest BCUT2D eigenvalue weighted by molar-refractivity contribution is -0.122. The Morgan fingerprint density at radius 3 is 2.54 bits per heavy atom. The molecule has 0 spiro atoms. The molecular formula is C18H26N4O2. The van der Waals surface area contributed by atoms with Crippen LogP contribution in [0.4, 0.5) is 0 Å². The van der Waals surface area contributed by atoms with Gasteiger partial charge < -0.3 is 11.1 Å². The summed E-state index contributed by atoms with van der Waals surface area (Å²) in [5, 5.41) is 8.59. The number of nitrogens with two attached hydrogens (primary N) is 1. The predicted molar refractivity (Wildman–Crippen MR) is 95.7 cm³/mol. The average Bonchev–Trinajstić information content (AvgIpc) is 2.51. The lowest BCUT2D eigenvalue weighted by atomic mass is 9.90. The Hall–Kier alpha value is -2.21. The molecule has 1 atom stereocenters. The molecule has 24 heavy (non-hydrogen) atoms. The zero-order valence-electron chi connectivity index (χ0n) is 14.8. The highest BCUT2D eigenvalue weighted by Crippen LogP contribution is 2.17. The van der Waals surface area contributed by atoms with E-state index < -0.39 is 5.54 Å². The summed E-state index contributed by atoms with van der Waals surface area (Å²) in [5.74, 6) is 0.287. The van der Waals surface area contributed by atoms with Crippen molar-refractivity contribution in [1.82, 2.24) is 15.1 Å². The van der Waals surface area contributed by atoms with E-state index in [2.05, 4.69) is 24.3 Å². The molecule has 1 unspecified atom stereocenters. The number of hydrogen-bond donors (Lipinski definition) is 2. The van der Waals surface area contributed by atoms with Crippen LogP contribution in [0.3, 0.4) is 0 Å². The first kappa shape index (κ1) is 18.1. The first-order valence-corrected chi connectivity index (χ1v) is 8.22. The maximum Gasteiger partial charge on any atom is 0.274 e. The van der Waals surface area contributed by atoms with Gasteiger partial charge in [-0.05, 0) is 25.3 Å². The lowest BCUT2D eigenvalue weighted by Gasteiger charge is -2.31. The van der Waals surface area contributed by atoms with Crippen molar-refractivity contribution in [3.8, 4) is 0 Å². The SMILES string of the molecule is CC(C)CC(C)(CN)NC(=O)Cc1nn(C)c(=O)c2ccccc12. The summed E-state index contributed by atoms with van der Waals surface area (Å²) < 4.78 is 1.28. The normalized spacial score (nSPS) is 13.9. The van der Waals surface area contributed by atoms with Crippen molar-refractivity contribution in [2.75, 3.05) is 6.54 Å². The van der Waals surface area contributed by atoms with E-state index in [1.54, 1.807) is 13.1 Å². The van der Waals surface area contributed by atoms with Crippen molar-refractivity contribution < 1.29 is 4.79 Å². The van der Waals surface area contributed by atoms with Crippen LogP contribution in [0.1, 0.15) is 32.9 Å². The molecule has 0 radical (unpaired) electrons. The van der Waals surface area contributed by atoms with Gasteiger partial charge in [-0.2, -0.15) is 5.10 Å². The van der Waals surface area contributed by atoms with Crippen molar-refractivity contribution in [3.05, 3.63) is 40.3 Å². The minimum absolute atomic E-state index is 0.113. The Labute approximate surface area is 142 Å². The van der Waals surface area contributed by atoms with Gasteiger partial charge in [-0.25, -0.2) is 4.68 Å². The number of nitrogens with one attached hydrogen (secondary N) is 1. The average molecular weight is 330 g/mol. The monoisotopic (exact) mass is 330 g/mol. The minimum atomic E-state index is -0.443. The van der Waals surface area contributed by atoms with Gasteiger partial charge in [0.25, 0.3) is 5.56 Å². The summed E-state index contributed by atoms with van der Waals surface area (Å²) in [5.41, 5.74) is 5.84. The Morgan fingerprint density at radius 1 is 1.33 bits per heavy atom. The van der Waals surface area contributed by atoms with Gasteiger partial charge in [0, 0.05) is 24.5 Å². The standard InChI is InChI=1S/C18H26N4O2/c1-12(2)10-18(3,11-19)20-16(23)9-15-13-7-5-6-8-14(13)17(24)22(4)21-15/h5-8,12H,9-11,19H2,1-4H3,(H,20,23). The summed E-state index contributed by atoms with van der Waals surface area (Å²) in [6.45, 7) is 6.53. The molecule has 1 aromatic carbocycles. The number of amides is 1. The quantitative estimate of drug-likeness (QED) is 0.837. The fourth-order valence-electron chi connectivity index (χ4n) is 3.13. The van der Waals surface area contributed by atoms with Crippen molar-refractivity contribution in [2.24, 2.45) is 18.7 Å². The molecule has 6 heteroatoms. The van der Waals surface area contributed by atoms with E-state index in [0.717, 1.165) is 6.42 Å². The number of rotatable bonds is 6. The van der Waals surface area contributed by atoms with Gasteiger partial charge in [0.15, 0.2) is 0 Å². The van der Waals surface area contributed by atoms with E-state index >= 15 is 0 Å². The highest BCUT2D eigenvalue weighted by molar-refractivity contribution is 5.88. The van der Waals surface area contributed by atoms with E-state index in [0.29, 0.717) is 28.9 Å². The summed E-state index contributed by atoms with van der Waals surface area (Å²) in [6, 6.07) is 7.22. The number of carbonyl (C=O) groups excluding carboxylic acids is 1. The van der Waals surface area contributed by atoms with Gasteiger partial charge in [-0.1, -0.05) is 32.0 Å². The number of nitrogens with zero attached hydrogens (tertiary/aromatic N) is 2. The maximum atomic E-state index is 12.5. The summed E-state index contributed by atoms with van der Waals surface area (Å²) in [7, 11) is 1.60. The first-order valence-electron chi connectivity index (χ1n) is 8.22. The molecule has 2 aromatic rings. The Bertz CT molecular complexity index is 797. The smallest absolute Gasteiger partial charge is 0.274 e. The number of hydrogen-bond acceptors (Lipinski definition) is 4. The van der Waals surface area contributed by atoms with Crippen LogP contribution in [0, 0.1) is 5.92 Å². The van der Waals surface area contributed by atoms with Gasteiger partial charge in [0.05, 0.1) is 17.5 Å². The largest absolute Gasteiger partial charge is 0.349 e. The molecule has 0 saturated carbocycles. The number of aryl methyl sites for hydroxylation is 1. The van der Waals surface area contributed by atoms with E-state index in [9.17, 15) is 9.59 Å². The van der Waals surface area contributed by atoms with E-state index in [1.807, 2.05) is 25.1 Å². The first-order chi connectivity index (χ1) is 11.3. The number of benzene rings is 1. The fraction of sp³-hybridized carbons (Fsp3) is 0.500. The minimum Gasteiger partial charge on any atom is -0.349 e. The van der Waals surface area contributed by atoms with E-state index in [4.69, 9.17) is 5.73 Å². The van der Waals surface area contributed by atoms with Crippen LogP contribution in [0.15, 0.2) is 29.1 Å². The van der Waals surface area contributed by atoms with Crippen LogP contribution in [0.25, 0.3) is 10.8 Å². The van der Waals surface area contributed by atoms with Gasteiger partial charge in [0.2, 0.25) is 5.91 Å². The molecule has 0 aliphatic heterocycles. The molecule has 1 amide bonds. The highest BCUT2D eigenvalue weighted by Gasteiger charge is 2.26. The fourth-order valence-corrected chi connectivity index (χ4v) is 3.13. The second-order valence-electron chi connectivity index (χ2n) is 7.01. The highest BCUT2D eigenvalue weighted by atomic mass is 16.2. The molecule has 0 fully saturated rings. The van der Waals surface area contributed by atoms with E-state index in [-0.39, 0.29) is 17.9 Å². The molecule has 1 aromatic heterocycles. The van der Waals surface area contributed by atoms with E-state index in [1.165, 1.54) is 4.68 Å². The number of aromatic nitrogens is 2. The Balaban J connectivity index is 2.28. The molecule has 1 heterocycles. The van der Waals surface area contributed by atoms with Crippen LogP contribution < -0.4 is 16.6 Å². The van der Waals surface area contributed by atoms with Crippen molar-refractivity contribution >= 4 is 16.7 Å². The molecule has 3 N–H and O–H groups in total. The van der Waals surface area contributed by atoms with Crippen molar-refractivity contribution in [1.29, 1.82) is 0 Å². The number of fused-ring (bicyclic) bond motifs is 1. The molecule has 6 nitrogen and oxygen atoms in total. The van der Waals surface area contributed by atoms with Crippen LogP contribution in [-0.4, -0.2) is 27.8 Å². The van der Waals surface area contributed by atoms with Crippen LogP contribution >= 0.6 is 0 Å². The van der Waals surface area contributed by atoms with Gasteiger partial charge in [-0.15, -0.1) is 0 Å². The van der Waals surface area contributed by atoms with Crippen LogP contribution in [-0.2, 0) is 18.3 Å². The summed E-state index contributed by atoms with van der Waals surface area (Å²) >= 11 is 0. The molecule has 2 rings (SSSR count). The van der Waals surface area contributed by atoms with Crippen LogP contribution in [0.5, 0.6) is 0 Å². The van der Waals surface area contributed by atoms with Crippen LogP contribution in [0.2, 0.25) is 0 Å². The third kappa shape index (κ3) is 4.00. The molecule has 0 saturated heterocycles. The molecular weight excluding hydrogens is 304 g/mol. The number of carbonyl (C=O) groups is 1. The Kier molecular flexibility index (Phi) is 5.39. The van der Waals surface area contributed by atoms with Gasteiger partial charge in [-0.3, -0.25) is 9.59 Å². The topological polar surface area (TPSA) is 90.0 Å². The lowest BCUT2D eigenvalue weighted by Crippen LogP contribution is -2.52. The van der Waals surface area contributed by atoms with Crippen molar-refractivity contribution in [2.45, 2.75) is 39.2 Å². The van der Waals surface area contributed by atoms with Gasteiger partial charge >= 0.3 is 0 Å². The Morgan fingerprint density at radius 2 is 1.96 bits per heavy atom. The molecule has 0 aliphatic rings. The zero-order valence-corrected chi connectivity index (χ0v) is 14.8. The van der Waals surface area contributed by atoms with Crippen molar-refractivity contribution in [3.63, 3.8) is 0 Å². The predicted octanol–water partition coefficient (Wildman–Crippen LogP) is 1.36. The third-order valence-corrected chi connectivity index (χ3v) is 4.11. The maximum absolute atomic E-state index is 12.5. The third-order valence-electron chi connectivity index (χ3n) is 4.11. The summed E-state index contributed by atoms with van der Waals surface area (Å²) in [6.07, 6.45) is 0.916. The summed E-state index contributed by atoms with van der Waals surface area (Å²) in [4.78, 5) is 24.7. The second-order valence-corrected chi connectivity index (χ2v) is 7.01. The van der Waals surface area contributed by atoms with Gasteiger partial charge in [0.1, 0.15) is 0 Å².